The van der Waals surface area contributed by atoms with Crippen molar-refractivity contribution < 1.29 is 14.3 Å². The largest absolute Gasteiger partial charge is 0.492 e. The number of hydrogen-bond acceptors (Lipinski definition) is 6. The van der Waals surface area contributed by atoms with E-state index in [1.54, 1.807) is 31.1 Å². The molecule has 2 aromatic rings. The molecule has 0 unspecified atom stereocenters. The number of anilines is 1. The lowest BCUT2D eigenvalue weighted by Crippen LogP contribution is -2.41. The van der Waals surface area contributed by atoms with Crippen LogP contribution in [0.2, 0.25) is 0 Å². The van der Waals surface area contributed by atoms with Gasteiger partial charge in [0.05, 0.1) is 0 Å². The summed E-state index contributed by atoms with van der Waals surface area (Å²) in [5.74, 6) is 1.27. The Morgan fingerprint density at radius 2 is 1.76 bits per heavy atom. The van der Waals surface area contributed by atoms with Gasteiger partial charge in [0.2, 0.25) is 0 Å². The van der Waals surface area contributed by atoms with E-state index in [1.807, 2.05) is 42.5 Å². The minimum atomic E-state index is -0.427. The summed E-state index contributed by atoms with van der Waals surface area (Å²) in [4.78, 5) is 16.2. The lowest BCUT2D eigenvalue weighted by atomic mass is 10.1. The van der Waals surface area contributed by atoms with Crippen LogP contribution in [0.5, 0.6) is 11.5 Å². The molecule has 3 rings (SSSR count). The van der Waals surface area contributed by atoms with Gasteiger partial charge in [0.1, 0.15) is 18.1 Å². The van der Waals surface area contributed by atoms with E-state index in [1.165, 1.54) is 17.7 Å². The zero-order valence-electron chi connectivity index (χ0n) is 17.0. The summed E-state index contributed by atoms with van der Waals surface area (Å²) in [6.45, 7) is 3.78. The van der Waals surface area contributed by atoms with Crippen molar-refractivity contribution in [1.82, 2.24) is 9.62 Å². The van der Waals surface area contributed by atoms with E-state index >= 15 is 0 Å². The predicted molar refractivity (Wildman–Crippen MR) is 119 cm³/mol. The first-order valence-corrected chi connectivity index (χ1v) is 11.1. The first kappa shape index (κ1) is 21.5. The molecule has 1 saturated heterocycles. The molecule has 0 aliphatic carbocycles. The molecule has 0 saturated carbocycles. The van der Waals surface area contributed by atoms with Gasteiger partial charge in [-0.1, -0.05) is 30.1 Å². The number of likely N-dealkylation sites (tertiary alicyclic amines) is 1. The van der Waals surface area contributed by atoms with Crippen molar-refractivity contribution in [3.63, 3.8) is 0 Å². The number of carbonyl (C=O) groups is 1. The van der Waals surface area contributed by atoms with Crippen LogP contribution in [0.25, 0.3) is 0 Å². The normalized spacial score (nSPS) is 15.1. The van der Waals surface area contributed by atoms with Gasteiger partial charge in [-0.05, 0) is 68.6 Å². The fraction of sp³-hybridized carbons (Fsp3) is 0.409. The SMILES string of the molecule is CSNC1CCN(CCOc2ccc(OC(=O)N(C)c3ccccc3)cc2)CC1. The molecule has 1 aliphatic heterocycles. The van der Waals surface area contributed by atoms with Crippen LogP contribution < -0.4 is 19.1 Å². The van der Waals surface area contributed by atoms with Crippen LogP contribution in [0.4, 0.5) is 10.5 Å². The highest BCUT2D eigenvalue weighted by Gasteiger charge is 2.18. The highest BCUT2D eigenvalue weighted by atomic mass is 32.2. The molecule has 0 atom stereocenters. The van der Waals surface area contributed by atoms with Crippen LogP contribution in [-0.2, 0) is 0 Å². The number of benzene rings is 2. The van der Waals surface area contributed by atoms with Gasteiger partial charge < -0.3 is 9.47 Å². The van der Waals surface area contributed by atoms with Gasteiger partial charge in [0.15, 0.2) is 0 Å². The molecule has 1 aliphatic rings. The molecule has 0 spiro atoms. The fourth-order valence-electron chi connectivity index (χ4n) is 3.26. The summed E-state index contributed by atoms with van der Waals surface area (Å²) >= 11 is 1.70. The predicted octanol–water partition coefficient (Wildman–Crippen LogP) is 4.03. The van der Waals surface area contributed by atoms with E-state index in [9.17, 15) is 4.79 Å². The fourth-order valence-corrected chi connectivity index (χ4v) is 3.83. The highest BCUT2D eigenvalue weighted by molar-refractivity contribution is 7.96. The lowest BCUT2D eigenvalue weighted by molar-refractivity contribution is 0.171. The summed E-state index contributed by atoms with van der Waals surface area (Å²) in [6.07, 6.45) is 4.01. The van der Waals surface area contributed by atoms with Gasteiger partial charge in [-0.15, -0.1) is 0 Å². The number of nitrogens with zero attached hydrogens (tertiary/aromatic N) is 2. The van der Waals surface area contributed by atoms with Crippen LogP contribution in [0.1, 0.15) is 12.8 Å². The molecule has 0 bridgehead atoms. The van der Waals surface area contributed by atoms with Gasteiger partial charge in [0.25, 0.3) is 0 Å². The Hall–Kier alpha value is -2.22. The maximum absolute atomic E-state index is 12.3. The van der Waals surface area contributed by atoms with Crippen LogP contribution in [0.15, 0.2) is 54.6 Å². The average molecular weight is 416 g/mol. The van der Waals surface area contributed by atoms with Crippen molar-refractivity contribution in [2.75, 3.05) is 44.4 Å². The molecule has 1 N–H and O–H groups in total. The number of para-hydroxylation sites is 1. The maximum Gasteiger partial charge on any atom is 0.419 e. The van der Waals surface area contributed by atoms with Gasteiger partial charge in [-0.3, -0.25) is 14.5 Å². The van der Waals surface area contributed by atoms with Crippen molar-refractivity contribution in [2.24, 2.45) is 0 Å². The summed E-state index contributed by atoms with van der Waals surface area (Å²) in [6, 6.07) is 17.2. The molecule has 1 fully saturated rings. The number of carbonyl (C=O) groups excluding carboxylic acids is 1. The molecule has 29 heavy (non-hydrogen) atoms. The van der Waals surface area contributed by atoms with E-state index in [-0.39, 0.29) is 0 Å². The summed E-state index contributed by atoms with van der Waals surface area (Å²) in [7, 11) is 1.69. The molecular weight excluding hydrogens is 386 g/mol. The average Bonchev–Trinajstić information content (AvgIpc) is 2.76. The van der Waals surface area contributed by atoms with Crippen LogP contribution in [0.3, 0.4) is 0 Å². The molecule has 2 aromatic carbocycles. The van der Waals surface area contributed by atoms with Crippen LogP contribution in [-0.4, -0.2) is 56.6 Å². The monoisotopic (exact) mass is 415 g/mol. The standard InChI is InChI=1S/C22H29N3O3S/c1-24(19-6-4-3-5-7-19)22(26)28-21-10-8-20(9-11-21)27-17-16-25-14-12-18(13-15-25)23-29-2/h3-11,18,23H,12-17H2,1-2H3. The number of hydrogen-bond donors (Lipinski definition) is 1. The Kier molecular flexibility index (Phi) is 8.22. The Morgan fingerprint density at radius 3 is 2.41 bits per heavy atom. The van der Waals surface area contributed by atoms with Crippen molar-refractivity contribution in [2.45, 2.75) is 18.9 Å². The van der Waals surface area contributed by atoms with Crippen molar-refractivity contribution >= 4 is 23.7 Å². The molecule has 1 heterocycles. The second-order valence-electron chi connectivity index (χ2n) is 7.02. The maximum atomic E-state index is 12.3. The van der Waals surface area contributed by atoms with Crippen LogP contribution in [0, 0.1) is 0 Å². The number of ether oxygens (including phenoxy) is 2. The smallest absolute Gasteiger partial charge is 0.419 e. The number of piperidine rings is 1. The molecule has 0 aromatic heterocycles. The molecule has 156 valence electrons. The zero-order valence-corrected chi connectivity index (χ0v) is 17.9. The number of amides is 1. The van der Waals surface area contributed by atoms with E-state index in [2.05, 4.69) is 15.9 Å². The lowest BCUT2D eigenvalue weighted by Gasteiger charge is -2.31. The zero-order chi connectivity index (χ0) is 20.5. The van der Waals surface area contributed by atoms with E-state index in [4.69, 9.17) is 9.47 Å². The van der Waals surface area contributed by atoms with Crippen molar-refractivity contribution in [3.8, 4) is 11.5 Å². The van der Waals surface area contributed by atoms with Crippen LogP contribution >= 0.6 is 11.9 Å². The molecular formula is C22H29N3O3S. The third kappa shape index (κ3) is 6.66. The van der Waals surface area contributed by atoms with Crippen molar-refractivity contribution in [1.29, 1.82) is 0 Å². The molecule has 1 amide bonds. The first-order chi connectivity index (χ1) is 14.2. The Bertz CT molecular complexity index is 750. The van der Waals surface area contributed by atoms with E-state index in [0.29, 0.717) is 18.4 Å². The summed E-state index contributed by atoms with van der Waals surface area (Å²) in [5, 5.41) is 0. The highest BCUT2D eigenvalue weighted by Crippen LogP contribution is 2.20. The Labute approximate surface area is 177 Å². The second kappa shape index (κ2) is 11.1. The quantitative estimate of drug-likeness (QED) is 0.657. The van der Waals surface area contributed by atoms with E-state index < -0.39 is 6.09 Å². The topological polar surface area (TPSA) is 54.0 Å². The second-order valence-corrected chi connectivity index (χ2v) is 7.66. The van der Waals surface area contributed by atoms with Gasteiger partial charge >= 0.3 is 6.09 Å². The summed E-state index contributed by atoms with van der Waals surface area (Å²) in [5.41, 5.74) is 0.783. The van der Waals surface area contributed by atoms with Gasteiger partial charge in [-0.2, -0.15) is 0 Å². The minimum absolute atomic E-state index is 0.427. The molecule has 7 heteroatoms. The van der Waals surface area contributed by atoms with Crippen molar-refractivity contribution in [3.05, 3.63) is 54.6 Å². The Morgan fingerprint density at radius 1 is 1.10 bits per heavy atom. The first-order valence-electron chi connectivity index (χ1n) is 9.90. The third-order valence-electron chi connectivity index (χ3n) is 4.99. The van der Waals surface area contributed by atoms with Gasteiger partial charge in [-0.25, -0.2) is 4.79 Å². The Balaban J connectivity index is 1.39. The molecule has 0 radical (unpaired) electrons. The summed E-state index contributed by atoms with van der Waals surface area (Å²) < 4.78 is 14.7. The number of rotatable bonds is 8. The third-order valence-corrected chi connectivity index (χ3v) is 5.56. The number of nitrogens with one attached hydrogen (secondary N) is 1. The molecule has 6 nitrogen and oxygen atoms in total. The van der Waals surface area contributed by atoms with E-state index in [0.717, 1.165) is 31.1 Å². The van der Waals surface area contributed by atoms with Gasteiger partial charge in [0, 0.05) is 25.3 Å². The minimum Gasteiger partial charge on any atom is -0.492 e.